The second-order valence-corrected chi connectivity index (χ2v) is 5.58. The number of hydrogen-bond acceptors (Lipinski definition) is 7. The zero-order valence-electron chi connectivity index (χ0n) is 11.9. The number of nitrogen functional groups attached to an aromatic ring is 1. The third-order valence-electron chi connectivity index (χ3n) is 3.05. The van der Waals surface area contributed by atoms with Crippen molar-refractivity contribution in [3.8, 4) is 11.4 Å². The lowest BCUT2D eigenvalue weighted by Gasteiger charge is -2.05. The molecule has 0 aliphatic heterocycles. The van der Waals surface area contributed by atoms with Crippen molar-refractivity contribution in [2.45, 2.75) is 12.8 Å². The van der Waals surface area contributed by atoms with Crippen molar-refractivity contribution in [2.75, 3.05) is 17.6 Å². The fraction of sp³-hybridized carbons (Fsp3) is 0.200. The number of hydrogen-bond donors (Lipinski definition) is 2. The first-order valence-corrected chi connectivity index (χ1v) is 7.87. The van der Waals surface area contributed by atoms with Gasteiger partial charge < -0.3 is 11.1 Å². The number of nitrogens with two attached hydrogens (primary N) is 1. The maximum absolute atomic E-state index is 5.61. The van der Waals surface area contributed by atoms with Crippen LogP contribution in [0.5, 0.6) is 0 Å². The number of anilines is 2. The normalized spacial score (nSPS) is 10.5. The maximum atomic E-state index is 5.61. The molecule has 6 nitrogen and oxygen atoms in total. The molecule has 0 atom stereocenters. The van der Waals surface area contributed by atoms with Crippen LogP contribution in [0.3, 0.4) is 0 Å². The van der Waals surface area contributed by atoms with Crippen molar-refractivity contribution in [1.29, 1.82) is 0 Å². The zero-order valence-corrected chi connectivity index (χ0v) is 12.8. The summed E-state index contributed by atoms with van der Waals surface area (Å²) in [6, 6.07) is 7.61. The van der Waals surface area contributed by atoms with Gasteiger partial charge in [0.25, 0.3) is 0 Å². The van der Waals surface area contributed by atoms with Crippen molar-refractivity contribution in [3.63, 3.8) is 0 Å². The SMILES string of the molecule is Nc1nc(CCCNc2nccc(-c3ccccn3)n2)cs1. The first-order chi connectivity index (χ1) is 10.8. The van der Waals surface area contributed by atoms with E-state index in [1.165, 1.54) is 11.3 Å². The zero-order chi connectivity index (χ0) is 15.2. The van der Waals surface area contributed by atoms with Gasteiger partial charge in [-0.1, -0.05) is 6.07 Å². The van der Waals surface area contributed by atoms with Crippen LogP contribution < -0.4 is 11.1 Å². The van der Waals surface area contributed by atoms with Crippen molar-refractivity contribution < 1.29 is 0 Å². The summed E-state index contributed by atoms with van der Waals surface area (Å²) in [5.74, 6) is 0.612. The lowest BCUT2D eigenvalue weighted by Crippen LogP contribution is -2.07. The van der Waals surface area contributed by atoms with Crippen molar-refractivity contribution >= 4 is 22.4 Å². The van der Waals surface area contributed by atoms with Gasteiger partial charge in [0, 0.05) is 24.3 Å². The van der Waals surface area contributed by atoms with Crippen LogP contribution in [-0.2, 0) is 6.42 Å². The average Bonchev–Trinajstić information content (AvgIpc) is 2.98. The molecule has 0 aromatic carbocycles. The lowest BCUT2D eigenvalue weighted by atomic mass is 10.2. The van der Waals surface area contributed by atoms with Crippen LogP contribution >= 0.6 is 11.3 Å². The fourth-order valence-corrected chi connectivity index (χ4v) is 2.61. The molecule has 3 rings (SSSR count). The van der Waals surface area contributed by atoms with E-state index in [9.17, 15) is 0 Å². The highest BCUT2D eigenvalue weighted by atomic mass is 32.1. The molecule has 112 valence electrons. The number of pyridine rings is 1. The predicted molar refractivity (Wildman–Crippen MR) is 88.6 cm³/mol. The van der Waals surface area contributed by atoms with E-state index in [-0.39, 0.29) is 0 Å². The molecule has 3 aromatic rings. The van der Waals surface area contributed by atoms with E-state index in [0.29, 0.717) is 11.1 Å². The van der Waals surface area contributed by atoms with E-state index in [1.54, 1.807) is 12.4 Å². The van der Waals surface area contributed by atoms with Gasteiger partial charge in [0.05, 0.1) is 17.1 Å². The molecular weight excluding hydrogens is 296 g/mol. The molecule has 0 fully saturated rings. The molecule has 22 heavy (non-hydrogen) atoms. The molecular formula is C15H16N6S. The van der Waals surface area contributed by atoms with E-state index in [1.807, 2.05) is 29.6 Å². The Hall–Kier alpha value is -2.54. The predicted octanol–water partition coefficient (Wildman–Crippen LogP) is 2.62. The number of nitrogens with zero attached hydrogens (tertiary/aromatic N) is 4. The molecule has 7 heteroatoms. The van der Waals surface area contributed by atoms with Gasteiger partial charge in [-0.05, 0) is 31.0 Å². The Bertz CT molecular complexity index is 728. The highest BCUT2D eigenvalue weighted by Crippen LogP contribution is 2.15. The molecule has 0 aliphatic rings. The van der Waals surface area contributed by atoms with E-state index in [0.717, 1.165) is 36.5 Å². The summed E-state index contributed by atoms with van der Waals surface area (Å²) in [5, 5.41) is 5.84. The summed E-state index contributed by atoms with van der Waals surface area (Å²) in [6.45, 7) is 0.781. The summed E-state index contributed by atoms with van der Waals surface area (Å²) in [7, 11) is 0. The Morgan fingerprint density at radius 1 is 1.05 bits per heavy atom. The number of aromatic nitrogens is 4. The van der Waals surface area contributed by atoms with Gasteiger partial charge in [-0.15, -0.1) is 11.3 Å². The smallest absolute Gasteiger partial charge is 0.223 e. The van der Waals surface area contributed by atoms with E-state index in [2.05, 4.69) is 25.3 Å². The highest BCUT2D eigenvalue weighted by Gasteiger charge is 2.03. The van der Waals surface area contributed by atoms with Gasteiger partial charge >= 0.3 is 0 Å². The van der Waals surface area contributed by atoms with Crippen LogP contribution in [0.2, 0.25) is 0 Å². The molecule has 3 aromatic heterocycles. The fourth-order valence-electron chi connectivity index (χ4n) is 2.01. The minimum absolute atomic E-state index is 0.612. The monoisotopic (exact) mass is 312 g/mol. The Morgan fingerprint density at radius 2 is 2.00 bits per heavy atom. The third-order valence-corrected chi connectivity index (χ3v) is 3.77. The van der Waals surface area contributed by atoms with Crippen molar-refractivity contribution in [2.24, 2.45) is 0 Å². The first-order valence-electron chi connectivity index (χ1n) is 6.99. The Morgan fingerprint density at radius 3 is 2.77 bits per heavy atom. The molecule has 3 N–H and O–H groups in total. The minimum atomic E-state index is 0.612. The van der Waals surface area contributed by atoms with Gasteiger partial charge in [-0.3, -0.25) is 4.98 Å². The summed E-state index contributed by atoms with van der Waals surface area (Å²) in [6.07, 6.45) is 5.32. The largest absolute Gasteiger partial charge is 0.375 e. The number of aryl methyl sites for hydroxylation is 1. The van der Waals surface area contributed by atoms with Crippen LogP contribution in [-0.4, -0.2) is 26.5 Å². The van der Waals surface area contributed by atoms with Crippen LogP contribution in [0.4, 0.5) is 11.1 Å². The van der Waals surface area contributed by atoms with E-state index in [4.69, 9.17) is 5.73 Å². The maximum Gasteiger partial charge on any atom is 0.223 e. The molecule has 0 radical (unpaired) electrons. The summed E-state index contributed by atoms with van der Waals surface area (Å²) >= 11 is 1.47. The van der Waals surface area contributed by atoms with E-state index < -0.39 is 0 Å². The van der Waals surface area contributed by atoms with Crippen LogP contribution in [0.15, 0.2) is 42.0 Å². The number of rotatable bonds is 6. The summed E-state index contributed by atoms with van der Waals surface area (Å²) < 4.78 is 0. The Kier molecular flexibility index (Phi) is 4.55. The quantitative estimate of drug-likeness (QED) is 0.680. The number of nitrogens with one attached hydrogen (secondary N) is 1. The topological polar surface area (TPSA) is 89.6 Å². The minimum Gasteiger partial charge on any atom is -0.375 e. The molecule has 0 spiro atoms. The third kappa shape index (κ3) is 3.76. The van der Waals surface area contributed by atoms with Gasteiger partial charge in [0.15, 0.2) is 5.13 Å². The lowest BCUT2D eigenvalue weighted by molar-refractivity contribution is 0.835. The summed E-state index contributed by atoms with van der Waals surface area (Å²) in [5.41, 5.74) is 8.30. The van der Waals surface area contributed by atoms with Crippen LogP contribution in [0, 0.1) is 0 Å². The first kappa shape index (κ1) is 14.4. The van der Waals surface area contributed by atoms with Gasteiger partial charge in [-0.25, -0.2) is 15.0 Å². The standard InChI is InChI=1S/C15H16N6S/c16-14-20-11(10-22-14)4-3-8-18-15-19-9-6-13(21-15)12-5-1-2-7-17-12/h1-2,5-7,9-10H,3-4,8H2,(H2,16,20)(H,18,19,21). The Balaban J connectivity index is 1.55. The van der Waals surface area contributed by atoms with Crippen molar-refractivity contribution in [1.82, 2.24) is 19.9 Å². The molecule has 0 saturated heterocycles. The summed E-state index contributed by atoms with van der Waals surface area (Å²) in [4.78, 5) is 17.2. The highest BCUT2D eigenvalue weighted by molar-refractivity contribution is 7.13. The average molecular weight is 312 g/mol. The van der Waals surface area contributed by atoms with Crippen molar-refractivity contribution in [3.05, 3.63) is 47.7 Å². The molecule has 0 unspecified atom stereocenters. The second-order valence-electron chi connectivity index (χ2n) is 4.69. The van der Waals surface area contributed by atoms with E-state index >= 15 is 0 Å². The second kappa shape index (κ2) is 6.95. The van der Waals surface area contributed by atoms with Gasteiger partial charge in [-0.2, -0.15) is 0 Å². The molecule has 0 bridgehead atoms. The molecule has 3 heterocycles. The molecule has 0 aliphatic carbocycles. The number of thiazole rings is 1. The molecule has 0 saturated carbocycles. The van der Waals surface area contributed by atoms with Crippen LogP contribution in [0.25, 0.3) is 11.4 Å². The Labute approximate surface area is 132 Å². The molecule has 0 amide bonds. The van der Waals surface area contributed by atoms with Gasteiger partial charge in [0.1, 0.15) is 0 Å². The van der Waals surface area contributed by atoms with Crippen LogP contribution in [0.1, 0.15) is 12.1 Å². The van der Waals surface area contributed by atoms with Gasteiger partial charge in [0.2, 0.25) is 5.95 Å².